The maximum atomic E-state index is 12.2. The molecule has 0 aromatic heterocycles. The molecule has 0 aliphatic heterocycles. The van der Waals surface area contributed by atoms with Crippen molar-refractivity contribution in [3.05, 3.63) is 64.7 Å². The zero-order valence-corrected chi connectivity index (χ0v) is 13.9. The molecule has 6 heteroatoms. The van der Waals surface area contributed by atoms with Crippen LogP contribution in [0.5, 0.6) is 5.75 Å². The van der Waals surface area contributed by atoms with E-state index in [9.17, 15) is 14.7 Å². The molecule has 0 saturated carbocycles. The third-order valence-electron chi connectivity index (χ3n) is 3.48. The molecule has 24 heavy (non-hydrogen) atoms. The summed E-state index contributed by atoms with van der Waals surface area (Å²) in [4.78, 5) is 24.1. The topological polar surface area (TPSA) is 75.6 Å². The normalized spacial score (nSPS) is 11.6. The lowest BCUT2D eigenvalue weighted by Gasteiger charge is -2.17. The summed E-state index contributed by atoms with van der Waals surface area (Å²) < 4.78 is 4.75. The summed E-state index contributed by atoms with van der Waals surface area (Å²) in [7, 11) is 1.28. The zero-order valence-electron chi connectivity index (χ0n) is 13.2. The predicted molar refractivity (Wildman–Crippen MR) is 90.9 cm³/mol. The van der Waals surface area contributed by atoms with Gasteiger partial charge in [0.05, 0.1) is 13.5 Å². The highest BCUT2D eigenvalue weighted by molar-refractivity contribution is 6.30. The molecule has 0 aliphatic rings. The van der Waals surface area contributed by atoms with Gasteiger partial charge >= 0.3 is 5.97 Å². The van der Waals surface area contributed by atoms with Crippen molar-refractivity contribution in [2.24, 2.45) is 0 Å². The fourth-order valence-corrected chi connectivity index (χ4v) is 2.36. The Kier molecular flexibility index (Phi) is 6.21. The summed E-state index contributed by atoms with van der Waals surface area (Å²) >= 11 is 5.81. The largest absolute Gasteiger partial charge is 0.508 e. The lowest BCUT2D eigenvalue weighted by Crippen LogP contribution is -2.43. The van der Waals surface area contributed by atoms with E-state index in [0.717, 1.165) is 11.1 Å². The number of carbonyl (C=O) groups excluding carboxylic acids is 2. The number of phenols is 1. The second kappa shape index (κ2) is 8.36. The molecule has 0 aliphatic carbocycles. The number of methoxy groups -OCH3 is 1. The van der Waals surface area contributed by atoms with E-state index in [-0.39, 0.29) is 24.5 Å². The van der Waals surface area contributed by atoms with Crippen LogP contribution in [0, 0.1) is 0 Å². The Labute approximate surface area is 145 Å². The first kappa shape index (κ1) is 17.8. The van der Waals surface area contributed by atoms with E-state index >= 15 is 0 Å². The Hall–Kier alpha value is -2.53. The van der Waals surface area contributed by atoms with E-state index in [1.165, 1.54) is 19.2 Å². The number of hydrogen-bond donors (Lipinski definition) is 2. The molecule has 0 bridgehead atoms. The van der Waals surface area contributed by atoms with Gasteiger partial charge < -0.3 is 15.2 Å². The molecule has 126 valence electrons. The third kappa shape index (κ3) is 5.28. The first-order valence-corrected chi connectivity index (χ1v) is 7.75. The number of amides is 1. The number of esters is 1. The van der Waals surface area contributed by atoms with Crippen molar-refractivity contribution in [1.82, 2.24) is 5.32 Å². The molecule has 2 aromatic rings. The number of benzene rings is 2. The minimum Gasteiger partial charge on any atom is -0.508 e. The van der Waals surface area contributed by atoms with Crippen molar-refractivity contribution in [2.75, 3.05) is 7.11 Å². The summed E-state index contributed by atoms with van der Waals surface area (Å²) in [6.07, 6.45) is 0.416. The second-order valence-electron chi connectivity index (χ2n) is 5.32. The number of aromatic hydroxyl groups is 1. The average Bonchev–Trinajstić information content (AvgIpc) is 2.57. The standard InChI is InChI=1S/C18H18ClNO4/c1-24-18(23)16(10-12-4-8-15(21)9-5-12)20-17(22)11-13-2-6-14(19)7-3-13/h2-9,16,21H,10-11H2,1H3,(H,20,22)/t16-/m0/s1. The van der Waals surface area contributed by atoms with E-state index in [2.05, 4.69) is 5.32 Å². The summed E-state index contributed by atoms with van der Waals surface area (Å²) in [5.74, 6) is -0.667. The monoisotopic (exact) mass is 347 g/mol. The maximum Gasteiger partial charge on any atom is 0.328 e. The van der Waals surface area contributed by atoms with Gasteiger partial charge in [-0.25, -0.2) is 4.79 Å². The van der Waals surface area contributed by atoms with Gasteiger partial charge in [0, 0.05) is 11.4 Å². The van der Waals surface area contributed by atoms with Crippen LogP contribution in [-0.4, -0.2) is 30.1 Å². The maximum absolute atomic E-state index is 12.2. The Bertz CT molecular complexity index is 698. The van der Waals surface area contributed by atoms with E-state index in [1.54, 1.807) is 36.4 Å². The quantitative estimate of drug-likeness (QED) is 0.787. The van der Waals surface area contributed by atoms with Gasteiger partial charge in [-0.15, -0.1) is 0 Å². The highest BCUT2D eigenvalue weighted by Crippen LogP contribution is 2.13. The van der Waals surface area contributed by atoms with Crippen molar-refractivity contribution in [1.29, 1.82) is 0 Å². The van der Waals surface area contributed by atoms with Gasteiger partial charge in [-0.3, -0.25) is 4.79 Å². The molecule has 2 rings (SSSR count). The first-order valence-electron chi connectivity index (χ1n) is 7.37. The second-order valence-corrected chi connectivity index (χ2v) is 5.75. The smallest absolute Gasteiger partial charge is 0.328 e. The zero-order chi connectivity index (χ0) is 17.5. The summed E-state index contributed by atoms with van der Waals surface area (Å²) in [5.41, 5.74) is 1.60. The van der Waals surface area contributed by atoms with E-state index in [1.807, 2.05) is 0 Å². The molecule has 2 aromatic carbocycles. The fraction of sp³-hybridized carbons (Fsp3) is 0.222. The van der Waals surface area contributed by atoms with Crippen LogP contribution in [0.2, 0.25) is 5.02 Å². The van der Waals surface area contributed by atoms with Gasteiger partial charge in [-0.1, -0.05) is 35.9 Å². The molecule has 0 spiro atoms. The number of rotatable bonds is 6. The number of carbonyl (C=O) groups is 2. The SMILES string of the molecule is COC(=O)[C@H](Cc1ccc(O)cc1)NC(=O)Cc1ccc(Cl)cc1. The van der Waals surface area contributed by atoms with Crippen molar-refractivity contribution in [3.63, 3.8) is 0 Å². The highest BCUT2D eigenvalue weighted by atomic mass is 35.5. The van der Waals surface area contributed by atoms with Crippen molar-refractivity contribution in [3.8, 4) is 5.75 Å². The molecule has 5 nitrogen and oxygen atoms in total. The minimum atomic E-state index is -0.792. The Morgan fingerprint density at radius 1 is 1.08 bits per heavy atom. The average molecular weight is 348 g/mol. The lowest BCUT2D eigenvalue weighted by molar-refractivity contribution is -0.145. The van der Waals surface area contributed by atoms with Gasteiger partial charge in [0.25, 0.3) is 0 Å². The van der Waals surface area contributed by atoms with Crippen molar-refractivity contribution in [2.45, 2.75) is 18.9 Å². The fourth-order valence-electron chi connectivity index (χ4n) is 2.24. The van der Waals surface area contributed by atoms with Crippen LogP contribution in [0.1, 0.15) is 11.1 Å². The van der Waals surface area contributed by atoms with Crippen LogP contribution in [0.25, 0.3) is 0 Å². The van der Waals surface area contributed by atoms with Gasteiger partial charge in [0.2, 0.25) is 5.91 Å². The van der Waals surface area contributed by atoms with E-state index in [4.69, 9.17) is 16.3 Å². The molecule has 2 N–H and O–H groups in total. The Balaban J connectivity index is 2.02. The molecular formula is C18H18ClNO4. The highest BCUT2D eigenvalue weighted by Gasteiger charge is 2.22. The first-order chi connectivity index (χ1) is 11.5. The Morgan fingerprint density at radius 2 is 1.67 bits per heavy atom. The van der Waals surface area contributed by atoms with Crippen LogP contribution in [0.15, 0.2) is 48.5 Å². The molecular weight excluding hydrogens is 330 g/mol. The number of nitrogens with one attached hydrogen (secondary N) is 1. The molecule has 1 atom stereocenters. The van der Waals surface area contributed by atoms with Crippen molar-refractivity contribution < 1.29 is 19.4 Å². The van der Waals surface area contributed by atoms with Gasteiger partial charge in [-0.2, -0.15) is 0 Å². The van der Waals surface area contributed by atoms with Gasteiger partial charge in [0.1, 0.15) is 11.8 Å². The van der Waals surface area contributed by atoms with Gasteiger partial charge in [-0.05, 0) is 35.4 Å². The molecule has 0 radical (unpaired) electrons. The van der Waals surface area contributed by atoms with Crippen LogP contribution < -0.4 is 5.32 Å². The number of halogens is 1. The molecule has 0 heterocycles. The summed E-state index contributed by atoms with van der Waals surface area (Å²) in [6, 6.07) is 12.6. The summed E-state index contributed by atoms with van der Waals surface area (Å²) in [5, 5.41) is 12.6. The minimum absolute atomic E-state index is 0.139. The van der Waals surface area contributed by atoms with E-state index < -0.39 is 12.0 Å². The van der Waals surface area contributed by atoms with Crippen molar-refractivity contribution >= 4 is 23.5 Å². The summed E-state index contributed by atoms with van der Waals surface area (Å²) in [6.45, 7) is 0. The van der Waals surface area contributed by atoms with Crippen LogP contribution >= 0.6 is 11.6 Å². The molecule has 1 amide bonds. The molecule has 0 unspecified atom stereocenters. The van der Waals surface area contributed by atoms with E-state index in [0.29, 0.717) is 5.02 Å². The molecule has 0 saturated heterocycles. The van der Waals surface area contributed by atoms with Gasteiger partial charge in [0.15, 0.2) is 0 Å². The number of ether oxygens (including phenoxy) is 1. The van der Waals surface area contributed by atoms with Crippen LogP contribution in [0.3, 0.4) is 0 Å². The third-order valence-corrected chi connectivity index (χ3v) is 3.73. The molecule has 0 fully saturated rings. The van der Waals surface area contributed by atoms with Crippen LogP contribution in [0.4, 0.5) is 0 Å². The number of phenolic OH excluding ortho intramolecular Hbond substituents is 1. The van der Waals surface area contributed by atoms with Crippen LogP contribution in [-0.2, 0) is 27.2 Å². The lowest BCUT2D eigenvalue weighted by atomic mass is 10.0. The number of hydrogen-bond acceptors (Lipinski definition) is 4. The Morgan fingerprint density at radius 3 is 2.25 bits per heavy atom. The predicted octanol–water partition coefficient (Wildman–Crippen LogP) is 2.49.